The lowest BCUT2D eigenvalue weighted by molar-refractivity contribution is 0.0975. The van der Waals surface area contributed by atoms with E-state index in [1.165, 1.54) is 13.2 Å². The van der Waals surface area contributed by atoms with Crippen LogP contribution in [0.3, 0.4) is 0 Å². The minimum absolute atomic E-state index is 0.0435. The van der Waals surface area contributed by atoms with Crippen LogP contribution in [0.5, 0.6) is 11.6 Å². The van der Waals surface area contributed by atoms with Crippen LogP contribution < -0.4 is 14.2 Å². The van der Waals surface area contributed by atoms with E-state index in [1.807, 2.05) is 26.8 Å². The topological polar surface area (TPSA) is 112 Å². The fourth-order valence-corrected chi connectivity index (χ4v) is 4.77. The molecule has 1 N–H and O–H groups in total. The Bertz CT molecular complexity index is 1300. The summed E-state index contributed by atoms with van der Waals surface area (Å²) in [6, 6.07) is 8.45. The third-order valence-electron chi connectivity index (χ3n) is 5.39. The quantitative estimate of drug-likeness (QED) is 0.589. The first kappa shape index (κ1) is 22.8. The Morgan fingerprint density at radius 2 is 2.06 bits per heavy atom. The summed E-state index contributed by atoms with van der Waals surface area (Å²) in [6.45, 7) is 6.80. The van der Waals surface area contributed by atoms with Gasteiger partial charge in [-0.3, -0.25) is 9.48 Å². The second-order valence-corrected chi connectivity index (χ2v) is 10.5. The average molecular weight is 471 g/mol. The molecule has 0 unspecified atom stereocenters. The van der Waals surface area contributed by atoms with Crippen LogP contribution in [-0.2, 0) is 28.4 Å². The van der Waals surface area contributed by atoms with Crippen molar-refractivity contribution in [1.29, 1.82) is 0 Å². The number of sulfonamides is 1. The third kappa shape index (κ3) is 4.70. The molecule has 3 aromatic rings. The van der Waals surface area contributed by atoms with E-state index in [4.69, 9.17) is 9.47 Å². The van der Waals surface area contributed by atoms with E-state index >= 15 is 0 Å². The number of benzene rings is 1. The minimum atomic E-state index is -4.21. The number of ether oxygens (including phenoxy) is 2. The molecular formula is C23H26N4O5S. The van der Waals surface area contributed by atoms with Crippen molar-refractivity contribution in [3.63, 3.8) is 0 Å². The zero-order valence-electron chi connectivity index (χ0n) is 19.0. The van der Waals surface area contributed by atoms with Gasteiger partial charge in [0, 0.05) is 24.4 Å². The number of pyridine rings is 1. The summed E-state index contributed by atoms with van der Waals surface area (Å²) in [5.41, 5.74) is 2.01. The van der Waals surface area contributed by atoms with Crippen LogP contribution >= 0.6 is 0 Å². The van der Waals surface area contributed by atoms with Crippen LogP contribution in [0, 0.1) is 0 Å². The van der Waals surface area contributed by atoms with Crippen molar-refractivity contribution < 1.29 is 22.7 Å². The summed E-state index contributed by atoms with van der Waals surface area (Å²) < 4.78 is 41.1. The fraction of sp³-hybridized carbons (Fsp3) is 0.348. The SMILES string of the molecule is COc1nc(C(=O)NS(=O)(=O)c2cc(C(C)(C)C)cc3c2OCC3)ccc1Cn1cccn1. The molecule has 2 aromatic heterocycles. The van der Waals surface area contributed by atoms with Crippen LogP contribution in [0.2, 0.25) is 0 Å². The van der Waals surface area contributed by atoms with E-state index in [-0.39, 0.29) is 21.9 Å². The lowest BCUT2D eigenvalue weighted by Gasteiger charge is -2.21. The second kappa shape index (κ2) is 8.51. The fourth-order valence-electron chi connectivity index (χ4n) is 3.60. The van der Waals surface area contributed by atoms with Gasteiger partial charge in [0.2, 0.25) is 5.88 Å². The van der Waals surface area contributed by atoms with Gasteiger partial charge in [0.05, 0.1) is 20.3 Å². The number of hydrogen-bond acceptors (Lipinski definition) is 7. The van der Waals surface area contributed by atoms with Gasteiger partial charge in [-0.2, -0.15) is 5.10 Å². The molecule has 174 valence electrons. The van der Waals surface area contributed by atoms with Gasteiger partial charge < -0.3 is 9.47 Å². The molecule has 9 nitrogen and oxygen atoms in total. The van der Waals surface area contributed by atoms with Crippen LogP contribution in [0.15, 0.2) is 47.6 Å². The Hall–Kier alpha value is -3.40. The van der Waals surface area contributed by atoms with Crippen molar-refractivity contribution in [2.45, 2.75) is 44.0 Å². The molecule has 0 aliphatic carbocycles. The molecule has 0 fully saturated rings. The molecule has 0 saturated heterocycles. The highest BCUT2D eigenvalue weighted by molar-refractivity contribution is 7.90. The van der Waals surface area contributed by atoms with E-state index in [0.29, 0.717) is 30.9 Å². The van der Waals surface area contributed by atoms with E-state index in [2.05, 4.69) is 14.8 Å². The summed E-state index contributed by atoms with van der Waals surface area (Å²) in [4.78, 5) is 17.0. The molecule has 0 atom stereocenters. The van der Waals surface area contributed by atoms with Gasteiger partial charge in [-0.15, -0.1) is 0 Å². The van der Waals surface area contributed by atoms with Gasteiger partial charge in [0.15, 0.2) is 0 Å². The summed E-state index contributed by atoms with van der Waals surface area (Å²) in [7, 11) is -2.77. The smallest absolute Gasteiger partial charge is 0.283 e. The Balaban J connectivity index is 1.63. The Morgan fingerprint density at radius 1 is 1.27 bits per heavy atom. The number of fused-ring (bicyclic) bond motifs is 1. The van der Waals surface area contributed by atoms with Gasteiger partial charge in [-0.25, -0.2) is 18.1 Å². The van der Waals surface area contributed by atoms with Crippen molar-refractivity contribution in [2.24, 2.45) is 0 Å². The van der Waals surface area contributed by atoms with Crippen molar-refractivity contribution in [2.75, 3.05) is 13.7 Å². The van der Waals surface area contributed by atoms with E-state index in [0.717, 1.165) is 11.1 Å². The van der Waals surface area contributed by atoms with Crippen LogP contribution in [0.4, 0.5) is 0 Å². The first-order valence-corrected chi connectivity index (χ1v) is 12.0. The molecular weight excluding hydrogens is 444 g/mol. The highest BCUT2D eigenvalue weighted by atomic mass is 32.2. The summed E-state index contributed by atoms with van der Waals surface area (Å²) in [6.07, 6.45) is 4.06. The van der Waals surface area contributed by atoms with E-state index in [9.17, 15) is 13.2 Å². The van der Waals surface area contributed by atoms with Gasteiger partial charge >= 0.3 is 0 Å². The number of hydrogen-bond donors (Lipinski definition) is 1. The largest absolute Gasteiger partial charge is 0.492 e. The Morgan fingerprint density at radius 3 is 2.73 bits per heavy atom. The predicted molar refractivity (Wildman–Crippen MR) is 121 cm³/mol. The standard InChI is InChI=1S/C23H26N4O5S/c1-23(2,3)17-12-15-8-11-32-20(15)19(13-17)33(29,30)26-21(28)18-7-6-16(22(25-18)31-4)14-27-10-5-9-24-27/h5-7,9-10,12-13H,8,11,14H2,1-4H3,(H,26,28). The number of amides is 1. The maximum Gasteiger partial charge on any atom is 0.283 e. The number of rotatable bonds is 6. The predicted octanol–water partition coefficient (Wildman–Crippen LogP) is 2.69. The highest BCUT2D eigenvalue weighted by Crippen LogP contribution is 2.37. The number of carbonyl (C=O) groups excluding carboxylic acids is 1. The van der Waals surface area contributed by atoms with Gasteiger partial charge in [0.1, 0.15) is 16.3 Å². The number of carbonyl (C=O) groups is 1. The molecule has 3 heterocycles. The van der Waals surface area contributed by atoms with Crippen LogP contribution in [0.1, 0.15) is 48.0 Å². The van der Waals surface area contributed by atoms with Crippen molar-refractivity contribution in [1.82, 2.24) is 19.5 Å². The Labute approximate surface area is 192 Å². The molecule has 0 bridgehead atoms. The summed E-state index contributed by atoms with van der Waals surface area (Å²) in [5.74, 6) is -0.343. The van der Waals surface area contributed by atoms with E-state index in [1.54, 1.807) is 35.3 Å². The molecule has 0 spiro atoms. The molecule has 10 heteroatoms. The normalized spacial score (nSPS) is 13.3. The zero-order chi connectivity index (χ0) is 23.8. The number of aromatic nitrogens is 3. The first-order chi connectivity index (χ1) is 15.6. The van der Waals surface area contributed by atoms with Crippen molar-refractivity contribution >= 4 is 15.9 Å². The molecule has 4 rings (SSSR count). The number of nitrogens with zero attached hydrogens (tertiary/aromatic N) is 3. The van der Waals surface area contributed by atoms with Crippen LogP contribution in [0.25, 0.3) is 0 Å². The van der Waals surface area contributed by atoms with Gasteiger partial charge in [-0.05, 0) is 40.8 Å². The minimum Gasteiger partial charge on any atom is -0.492 e. The highest BCUT2D eigenvalue weighted by Gasteiger charge is 2.31. The first-order valence-electron chi connectivity index (χ1n) is 10.5. The second-order valence-electron chi connectivity index (χ2n) is 8.81. The number of methoxy groups -OCH3 is 1. The lowest BCUT2D eigenvalue weighted by atomic mass is 9.86. The Kier molecular flexibility index (Phi) is 5.87. The molecule has 33 heavy (non-hydrogen) atoms. The third-order valence-corrected chi connectivity index (χ3v) is 6.73. The monoisotopic (exact) mass is 470 g/mol. The molecule has 0 saturated carbocycles. The zero-order valence-corrected chi connectivity index (χ0v) is 19.8. The lowest BCUT2D eigenvalue weighted by Crippen LogP contribution is -2.32. The summed E-state index contributed by atoms with van der Waals surface area (Å²) in [5, 5.41) is 4.14. The van der Waals surface area contributed by atoms with E-state index < -0.39 is 15.9 Å². The molecule has 1 aromatic carbocycles. The summed E-state index contributed by atoms with van der Waals surface area (Å²) >= 11 is 0. The number of nitrogens with one attached hydrogen (secondary N) is 1. The average Bonchev–Trinajstić information content (AvgIpc) is 3.43. The maximum atomic E-state index is 13.2. The molecule has 1 aliphatic heterocycles. The van der Waals surface area contributed by atoms with Crippen LogP contribution in [-0.4, -0.2) is 42.8 Å². The van der Waals surface area contributed by atoms with Gasteiger partial charge in [-0.1, -0.05) is 26.8 Å². The maximum absolute atomic E-state index is 13.2. The van der Waals surface area contributed by atoms with Crippen molar-refractivity contribution in [3.05, 3.63) is 65.1 Å². The molecule has 0 radical (unpaired) electrons. The molecule has 1 aliphatic rings. The molecule has 1 amide bonds. The van der Waals surface area contributed by atoms with Gasteiger partial charge in [0.25, 0.3) is 15.9 Å². The van der Waals surface area contributed by atoms with Crippen molar-refractivity contribution in [3.8, 4) is 11.6 Å².